The molecule has 4 nitrogen and oxygen atoms in total. The third-order valence-corrected chi connectivity index (χ3v) is 7.46. The third-order valence-electron chi connectivity index (χ3n) is 6.15. The van der Waals surface area contributed by atoms with Crippen molar-refractivity contribution >= 4 is 7.82 Å². The largest absolute Gasteiger partial charge is 0.647 e. The maximum absolute atomic E-state index is 14.0. The fourth-order valence-electron chi connectivity index (χ4n) is 4.27. The third kappa shape index (κ3) is 7.39. The Hall–Kier alpha value is -2.71. The highest BCUT2D eigenvalue weighted by Crippen LogP contribution is 2.50. The summed E-state index contributed by atoms with van der Waals surface area (Å²) in [6, 6.07) is 17.3. The highest BCUT2D eigenvalue weighted by atomic mass is 31.2. The lowest BCUT2D eigenvalue weighted by molar-refractivity contribution is 0.298. The molecule has 35 heavy (non-hydrogen) atoms. The Bertz CT molecular complexity index is 1040. The lowest BCUT2D eigenvalue weighted by Gasteiger charge is -2.21. The molecule has 0 aliphatic heterocycles. The summed E-state index contributed by atoms with van der Waals surface area (Å²) in [4.78, 5) is 0. The van der Waals surface area contributed by atoms with Gasteiger partial charge in [-0.05, 0) is 110 Å². The molecule has 0 fully saturated rings. The van der Waals surface area contributed by atoms with Gasteiger partial charge in [0.2, 0.25) is 0 Å². The van der Waals surface area contributed by atoms with Crippen LogP contribution < -0.4 is 13.6 Å². The maximum Gasteiger partial charge on any atom is 0.647 e. The fraction of sp³-hybridized carbons (Fsp3) is 0.400. The lowest BCUT2D eigenvalue weighted by atomic mass is 10.0. The zero-order valence-corrected chi connectivity index (χ0v) is 22.9. The monoisotopic (exact) mass is 494 g/mol. The average Bonchev–Trinajstić information content (AvgIpc) is 2.79. The van der Waals surface area contributed by atoms with Crippen molar-refractivity contribution in [3.8, 4) is 17.2 Å². The first-order chi connectivity index (χ1) is 16.8. The van der Waals surface area contributed by atoms with Crippen LogP contribution in [0.25, 0.3) is 0 Å². The molecule has 0 atom stereocenters. The van der Waals surface area contributed by atoms with Crippen LogP contribution in [0.1, 0.15) is 73.4 Å². The van der Waals surface area contributed by atoms with E-state index in [4.69, 9.17) is 13.6 Å². The summed E-state index contributed by atoms with van der Waals surface area (Å²) < 4.78 is 31.9. The minimum Gasteiger partial charge on any atom is -0.386 e. The molecule has 0 aliphatic rings. The van der Waals surface area contributed by atoms with Gasteiger partial charge in [0.15, 0.2) is 0 Å². The SMILES string of the molecule is CCCc1ccc(OP(=O)(Oc2ccc(CCC)c(C)c2)Oc2ccc(CCC)c(C)c2)cc1C. The van der Waals surface area contributed by atoms with Gasteiger partial charge in [0.05, 0.1) is 0 Å². The van der Waals surface area contributed by atoms with E-state index in [0.717, 1.165) is 55.2 Å². The van der Waals surface area contributed by atoms with Crippen LogP contribution in [0.15, 0.2) is 54.6 Å². The van der Waals surface area contributed by atoms with E-state index in [9.17, 15) is 4.57 Å². The molecule has 3 aromatic rings. The number of benzene rings is 3. The van der Waals surface area contributed by atoms with Gasteiger partial charge in [-0.2, -0.15) is 4.57 Å². The molecule has 0 saturated heterocycles. The quantitative estimate of drug-likeness (QED) is 0.236. The molecule has 3 aromatic carbocycles. The van der Waals surface area contributed by atoms with Gasteiger partial charge in [-0.25, -0.2) is 0 Å². The molecule has 0 heterocycles. The van der Waals surface area contributed by atoms with E-state index in [0.29, 0.717) is 17.2 Å². The summed E-state index contributed by atoms with van der Waals surface area (Å²) in [6.45, 7) is 12.6. The first-order valence-electron chi connectivity index (χ1n) is 12.7. The van der Waals surface area contributed by atoms with E-state index < -0.39 is 7.82 Å². The van der Waals surface area contributed by atoms with Crippen molar-refractivity contribution in [1.29, 1.82) is 0 Å². The molecule has 0 N–H and O–H groups in total. The molecule has 0 spiro atoms. The molecule has 0 saturated carbocycles. The predicted molar refractivity (Wildman–Crippen MR) is 145 cm³/mol. The van der Waals surface area contributed by atoms with Gasteiger partial charge < -0.3 is 13.6 Å². The Kier molecular flexibility index (Phi) is 9.46. The van der Waals surface area contributed by atoms with Gasteiger partial charge in [-0.1, -0.05) is 58.2 Å². The first kappa shape index (κ1) is 26.9. The first-order valence-corrected chi connectivity index (χ1v) is 14.2. The van der Waals surface area contributed by atoms with Crippen molar-refractivity contribution in [3.63, 3.8) is 0 Å². The number of phosphoric ester groups is 1. The normalized spacial score (nSPS) is 11.4. The van der Waals surface area contributed by atoms with E-state index in [1.54, 1.807) is 0 Å². The van der Waals surface area contributed by atoms with Crippen LogP contribution >= 0.6 is 7.82 Å². The van der Waals surface area contributed by atoms with E-state index in [2.05, 4.69) is 20.8 Å². The topological polar surface area (TPSA) is 44.8 Å². The zero-order chi connectivity index (χ0) is 25.4. The summed E-state index contributed by atoms with van der Waals surface area (Å²) in [5, 5.41) is 0. The molecule has 0 aromatic heterocycles. The van der Waals surface area contributed by atoms with Gasteiger partial charge in [0.25, 0.3) is 0 Å². The number of hydrogen-bond acceptors (Lipinski definition) is 4. The molecule has 0 aliphatic carbocycles. The van der Waals surface area contributed by atoms with E-state index in [1.807, 2.05) is 75.4 Å². The van der Waals surface area contributed by atoms with Crippen LogP contribution in [-0.2, 0) is 23.8 Å². The zero-order valence-electron chi connectivity index (χ0n) is 22.0. The number of hydrogen-bond donors (Lipinski definition) is 0. The summed E-state index contributed by atoms with van der Waals surface area (Å²) >= 11 is 0. The van der Waals surface area contributed by atoms with Crippen molar-refractivity contribution < 1.29 is 18.1 Å². The van der Waals surface area contributed by atoms with Crippen LogP contribution in [-0.4, -0.2) is 0 Å². The minimum absolute atomic E-state index is 0.462. The van der Waals surface area contributed by atoms with E-state index in [-0.39, 0.29) is 0 Å². The molecule has 0 bridgehead atoms. The molecule has 3 rings (SSSR count). The second-order valence-electron chi connectivity index (χ2n) is 9.24. The van der Waals surface area contributed by atoms with Crippen LogP contribution in [0, 0.1) is 20.8 Å². The average molecular weight is 495 g/mol. The van der Waals surface area contributed by atoms with Crippen molar-refractivity contribution in [3.05, 3.63) is 88.0 Å². The molecule has 5 heteroatoms. The predicted octanol–water partition coefficient (Wildman–Crippen LogP) is 9.11. The smallest absolute Gasteiger partial charge is 0.386 e. The number of phosphoric acid groups is 1. The van der Waals surface area contributed by atoms with Crippen LogP contribution in [0.5, 0.6) is 17.2 Å². The van der Waals surface area contributed by atoms with Crippen molar-refractivity contribution in [2.75, 3.05) is 0 Å². The highest BCUT2D eigenvalue weighted by Gasteiger charge is 2.33. The molecule has 0 amide bonds. The maximum atomic E-state index is 14.0. The van der Waals surface area contributed by atoms with Crippen LogP contribution in [0.2, 0.25) is 0 Å². The minimum atomic E-state index is -4.04. The molecule has 188 valence electrons. The molecular weight excluding hydrogens is 455 g/mol. The Morgan fingerprint density at radius 3 is 1.06 bits per heavy atom. The van der Waals surface area contributed by atoms with Gasteiger partial charge in [0, 0.05) is 0 Å². The van der Waals surface area contributed by atoms with E-state index >= 15 is 0 Å². The van der Waals surface area contributed by atoms with Crippen LogP contribution in [0.4, 0.5) is 0 Å². The van der Waals surface area contributed by atoms with Crippen LogP contribution in [0.3, 0.4) is 0 Å². The fourth-order valence-corrected chi connectivity index (χ4v) is 5.50. The highest BCUT2D eigenvalue weighted by molar-refractivity contribution is 7.49. The molecule has 0 radical (unpaired) electrons. The molecule has 0 unspecified atom stereocenters. The Labute approximate surface area is 211 Å². The van der Waals surface area contributed by atoms with Gasteiger partial charge in [-0.15, -0.1) is 0 Å². The summed E-state index contributed by atoms with van der Waals surface area (Å²) in [5.74, 6) is 1.39. The van der Waals surface area contributed by atoms with Crippen molar-refractivity contribution in [2.45, 2.75) is 80.1 Å². The van der Waals surface area contributed by atoms with Gasteiger partial charge in [-0.3, -0.25) is 0 Å². The standard InChI is InChI=1S/C30H39O4P/c1-7-10-25-13-16-28(19-22(25)4)32-35(31,33-29-17-14-26(11-8-2)23(5)20-29)34-30-18-15-27(12-9-3)24(6)21-30/h13-21H,7-12H2,1-6H3. The second kappa shape index (κ2) is 12.3. The summed E-state index contributed by atoms with van der Waals surface area (Å²) in [5.41, 5.74) is 7.03. The second-order valence-corrected chi connectivity index (χ2v) is 10.7. The summed E-state index contributed by atoms with van der Waals surface area (Å²) in [7, 11) is -4.04. The Morgan fingerprint density at radius 1 is 0.543 bits per heavy atom. The van der Waals surface area contributed by atoms with Crippen molar-refractivity contribution in [2.24, 2.45) is 0 Å². The van der Waals surface area contributed by atoms with E-state index in [1.165, 1.54) is 16.7 Å². The number of rotatable bonds is 12. The number of aryl methyl sites for hydroxylation is 6. The molecular formula is C30H39O4P. The van der Waals surface area contributed by atoms with Gasteiger partial charge in [0.1, 0.15) is 17.2 Å². The summed E-state index contributed by atoms with van der Waals surface area (Å²) in [6.07, 6.45) is 6.15. The van der Waals surface area contributed by atoms with Gasteiger partial charge >= 0.3 is 7.82 Å². The van der Waals surface area contributed by atoms with Crippen molar-refractivity contribution in [1.82, 2.24) is 0 Å². The Balaban J connectivity index is 1.93. The Morgan fingerprint density at radius 2 is 0.829 bits per heavy atom. The lowest BCUT2D eigenvalue weighted by Crippen LogP contribution is -2.08.